The summed E-state index contributed by atoms with van der Waals surface area (Å²) < 4.78 is 43.2. The molecule has 4 heterocycles. The molecule has 0 radical (unpaired) electrons. The van der Waals surface area contributed by atoms with E-state index in [1.165, 1.54) is 4.52 Å². The quantitative estimate of drug-likeness (QED) is 0.377. The fourth-order valence-electron chi connectivity index (χ4n) is 5.92. The van der Waals surface area contributed by atoms with Gasteiger partial charge in [0.1, 0.15) is 5.69 Å². The largest absolute Gasteiger partial charge is 0.393 e. The molecule has 222 valence electrons. The summed E-state index contributed by atoms with van der Waals surface area (Å²) in [5.74, 6) is -2.25. The zero-order chi connectivity index (χ0) is 29.3. The molecule has 1 aliphatic carbocycles. The van der Waals surface area contributed by atoms with Crippen LogP contribution in [0.2, 0.25) is 0 Å². The molecule has 3 atom stereocenters. The van der Waals surface area contributed by atoms with Crippen LogP contribution in [0.4, 0.5) is 13.2 Å². The first kappa shape index (κ1) is 29.3. The molecule has 0 spiro atoms. The fraction of sp³-hybridized carbons (Fsp3) is 0.630. The number of aromatic nitrogens is 6. The molecule has 0 unspecified atom stereocenters. The van der Waals surface area contributed by atoms with Gasteiger partial charge in [-0.3, -0.25) is 14.3 Å². The molecule has 2 N–H and O–H groups in total. The third-order valence-corrected chi connectivity index (χ3v) is 8.62. The van der Waals surface area contributed by atoms with Crippen molar-refractivity contribution < 1.29 is 22.8 Å². The maximum atomic E-state index is 13.4. The van der Waals surface area contributed by atoms with Crippen LogP contribution in [0.5, 0.6) is 0 Å². The molecule has 1 aliphatic heterocycles. The van der Waals surface area contributed by atoms with Gasteiger partial charge < -0.3 is 10.6 Å². The van der Waals surface area contributed by atoms with Crippen molar-refractivity contribution in [1.82, 2.24) is 40.0 Å². The third kappa shape index (κ3) is 6.34. The molecule has 1 saturated heterocycles. The van der Waals surface area contributed by atoms with E-state index in [-0.39, 0.29) is 36.3 Å². The van der Waals surface area contributed by atoms with Crippen molar-refractivity contribution in [3.63, 3.8) is 0 Å². The fourth-order valence-corrected chi connectivity index (χ4v) is 6.14. The summed E-state index contributed by atoms with van der Waals surface area (Å²) in [4.78, 5) is 35.0. The van der Waals surface area contributed by atoms with Gasteiger partial charge >= 0.3 is 6.18 Å². The standard InChI is InChI=1S/C27H34ClF3N8O2/c1-3-38-22(8-9-33-38)25(41)36-23(16-6-4-15(2)5-7-16)21-14-39-26(35-21)34-20(12-28)19(37-39)11-17-10-18(27(29,30)31)13-32-24(17)40/h8-9,14-18,23H,3-7,10-13H2,1-2H3,(H,32,40)(H,36,41)/t15?,16?,17-,18-,23+/m1/s1. The average Bonchev–Trinajstić information content (AvgIpc) is 3.59. The number of carbonyl (C=O) groups excluding carboxylic acids is 2. The van der Waals surface area contributed by atoms with Gasteiger partial charge in [0.2, 0.25) is 5.91 Å². The van der Waals surface area contributed by atoms with Gasteiger partial charge in [-0.05, 0) is 44.1 Å². The van der Waals surface area contributed by atoms with Gasteiger partial charge in [-0.1, -0.05) is 19.8 Å². The van der Waals surface area contributed by atoms with Gasteiger partial charge in [0.25, 0.3) is 11.7 Å². The van der Waals surface area contributed by atoms with Crippen LogP contribution < -0.4 is 10.6 Å². The van der Waals surface area contributed by atoms with Gasteiger partial charge in [-0.2, -0.15) is 23.4 Å². The minimum Gasteiger partial charge on any atom is -0.355 e. The van der Waals surface area contributed by atoms with Crippen molar-refractivity contribution in [3.05, 3.63) is 41.2 Å². The van der Waals surface area contributed by atoms with Crippen LogP contribution in [0.15, 0.2) is 18.5 Å². The van der Waals surface area contributed by atoms with E-state index in [0.717, 1.165) is 25.7 Å². The van der Waals surface area contributed by atoms with E-state index in [1.54, 1.807) is 23.1 Å². The number of halogens is 4. The number of rotatable bonds is 8. The van der Waals surface area contributed by atoms with Crippen LogP contribution >= 0.6 is 11.6 Å². The molecule has 14 heteroatoms. The highest BCUT2D eigenvalue weighted by Gasteiger charge is 2.45. The molecule has 3 aromatic heterocycles. The van der Waals surface area contributed by atoms with Gasteiger partial charge in [-0.15, -0.1) is 11.6 Å². The summed E-state index contributed by atoms with van der Waals surface area (Å²) in [6.45, 7) is 4.26. The monoisotopic (exact) mass is 594 g/mol. The molecule has 0 bridgehead atoms. The summed E-state index contributed by atoms with van der Waals surface area (Å²) in [6.07, 6.45) is 2.45. The van der Waals surface area contributed by atoms with E-state index in [4.69, 9.17) is 16.6 Å². The summed E-state index contributed by atoms with van der Waals surface area (Å²) in [5.41, 5.74) is 1.75. The zero-order valence-electron chi connectivity index (χ0n) is 23.0. The van der Waals surface area contributed by atoms with E-state index in [1.807, 2.05) is 6.92 Å². The van der Waals surface area contributed by atoms with Gasteiger partial charge in [0.15, 0.2) is 0 Å². The van der Waals surface area contributed by atoms with E-state index in [9.17, 15) is 22.8 Å². The first-order valence-corrected chi connectivity index (χ1v) is 14.6. The molecule has 0 aromatic carbocycles. The molecular formula is C27H34ClF3N8O2. The lowest BCUT2D eigenvalue weighted by Gasteiger charge is -2.32. The summed E-state index contributed by atoms with van der Waals surface area (Å²) in [7, 11) is 0. The van der Waals surface area contributed by atoms with Crippen molar-refractivity contribution in [1.29, 1.82) is 0 Å². The van der Waals surface area contributed by atoms with E-state index in [2.05, 4.69) is 32.7 Å². The van der Waals surface area contributed by atoms with E-state index >= 15 is 0 Å². The summed E-state index contributed by atoms with van der Waals surface area (Å²) in [5, 5.41) is 14.4. The Labute approximate surface area is 240 Å². The maximum Gasteiger partial charge on any atom is 0.393 e. The summed E-state index contributed by atoms with van der Waals surface area (Å²) >= 11 is 6.16. The van der Waals surface area contributed by atoms with E-state index < -0.39 is 36.5 Å². The normalized spacial score (nSPS) is 24.3. The van der Waals surface area contributed by atoms with Crippen molar-refractivity contribution in [2.24, 2.45) is 23.7 Å². The highest BCUT2D eigenvalue weighted by atomic mass is 35.5. The number of hydrogen-bond donors (Lipinski definition) is 2. The Hall–Kier alpha value is -3.22. The number of fused-ring (bicyclic) bond motifs is 1. The summed E-state index contributed by atoms with van der Waals surface area (Å²) in [6, 6.07) is 1.27. The minimum absolute atomic E-state index is 0.0292. The first-order chi connectivity index (χ1) is 19.6. The number of alkyl halides is 4. The number of imidazole rings is 1. The van der Waals surface area contributed by atoms with Crippen molar-refractivity contribution >= 4 is 29.2 Å². The predicted octanol–water partition coefficient (Wildman–Crippen LogP) is 4.23. The van der Waals surface area contributed by atoms with Crippen LogP contribution in [0, 0.1) is 23.7 Å². The Morgan fingerprint density at radius 3 is 2.66 bits per heavy atom. The van der Waals surface area contributed by atoms with Crippen molar-refractivity contribution in [2.45, 2.75) is 77.0 Å². The lowest BCUT2D eigenvalue weighted by Crippen LogP contribution is -2.47. The van der Waals surface area contributed by atoms with Crippen LogP contribution in [0.1, 0.15) is 79.6 Å². The molecule has 2 aliphatic rings. The third-order valence-electron chi connectivity index (χ3n) is 8.36. The number of amides is 2. The SMILES string of the molecule is CCn1nccc1C(=O)N[C@H](c1cn2nc(C[C@H]3C[C@@H](C(F)(F)F)CNC3=O)c(CCl)nc2n1)C1CCC(C)CC1. The van der Waals surface area contributed by atoms with Crippen molar-refractivity contribution in [2.75, 3.05) is 6.54 Å². The van der Waals surface area contributed by atoms with E-state index in [0.29, 0.717) is 35.2 Å². The van der Waals surface area contributed by atoms with Crippen LogP contribution in [-0.4, -0.2) is 53.9 Å². The molecule has 1 saturated carbocycles. The average molecular weight is 595 g/mol. The van der Waals surface area contributed by atoms with Crippen LogP contribution in [0.25, 0.3) is 5.78 Å². The number of aryl methyl sites for hydroxylation is 1. The minimum atomic E-state index is -4.40. The number of carbonyl (C=O) groups is 2. The lowest BCUT2D eigenvalue weighted by atomic mass is 9.78. The number of piperidine rings is 1. The van der Waals surface area contributed by atoms with Crippen molar-refractivity contribution in [3.8, 4) is 0 Å². The highest BCUT2D eigenvalue weighted by Crippen LogP contribution is 2.37. The van der Waals surface area contributed by atoms with Gasteiger partial charge in [0, 0.05) is 31.6 Å². The number of nitrogens with one attached hydrogen (secondary N) is 2. The second kappa shape index (κ2) is 11.9. The topological polar surface area (TPSA) is 119 Å². The maximum absolute atomic E-state index is 13.4. The molecule has 2 fully saturated rings. The smallest absolute Gasteiger partial charge is 0.355 e. The Morgan fingerprint density at radius 1 is 1.22 bits per heavy atom. The molecule has 41 heavy (non-hydrogen) atoms. The first-order valence-electron chi connectivity index (χ1n) is 14.1. The molecule has 2 amide bonds. The number of hydrogen-bond acceptors (Lipinski definition) is 6. The highest BCUT2D eigenvalue weighted by molar-refractivity contribution is 6.17. The lowest BCUT2D eigenvalue weighted by molar-refractivity contribution is -0.183. The molecule has 5 rings (SSSR count). The molecular weight excluding hydrogens is 561 g/mol. The van der Waals surface area contributed by atoms with Gasteiger partial charge in [0.05, 0.1) is 41.1 Å². The molecule has 10 nitrogen and oxygen atoms in total. The molecule has 3 aromatic rings. The number of nitrogens with zero attached hydrogens (tertiary/aromatic N) is 6. The Bertz CT molecular complexity index is 1400. The van der Waals surface area contributed by atoms with Crippen LogP contribution in [-0.2, 0) is 23.6 Å². The predicted molar refractivity (Wildman–Crippen MR) is 144 cm³/mol. The Balaban J connectivity index is 1.45. The van der Waals surface area contributed by atoms with Crippen LogP contribution in [0.3, 0.4) is 0 Å². The Kier molecular flexibility index (Phi) is 8.53. The zero-order valence-corrected chi connectivity index (χ0v) is 23.8. The van der Waals surface area contributed by atoms with Gasteiger partial charge in [-0.25, -0.2) is 14.5 Å². The second-order valence-electron chi connectivity index (χ2n) is 11.2. The second-order valence-corrected chi connectivity index (χ2v) is 11.4. The Morgan fingerprint density at radius 2 is 1.98 bits per heavy atom.